The molecule has 1 aromatic carbocycles. The van der Waals surface area contributed by atoms with Crippen LogP contribution in [0.3, 0.4) is 0 Å². The summed E-state index contributed by atoms with van der Waals surface area (Å²) in [6, 6.07) is 7.27. The van der Waals surface area contributed by atoms with Gasteiger partial charge in [0.15, 0.2) is 5.78 Å². The number of nitrogen functional groups attached to an aromatic ring is 1. The van der Waals surface area contributed by atoms with Gasteiger partial charge in [-0.2, -0.15) is 0 Å². The fourth-order valence-corrected chi connectivity index (χ4v) is 1.70. The number of benzene rings is 1. The zero-order valence-electron chi connectivity index (χ0n) is 9.90. The fourth-order valence-electron chi connectivity index (χ4n) is 1.70. The zero-order valence-corrected chi connectivity index (χ0v) is 9.90. The predicted molar refractivity (Wildman–Crippen MR) is 68.0 cm³/mol. The third-order valence-electron chi connectivity index (χ3n) is 2.59. The molecule has 2 N–H and O–H groups in total. The topological polar surface area (TPSA) is 56.0 Å². The van der Waals surface area contributed by atoms with Gasteiger partial charge in [0.2, 0.25) is 0 Å². The average molecular weight is 226 g/mol. The van der Waals surface area contributed by atoms with Crippen LogP contribution in [0.4, 0.5) is 5.69 Å². The first-order valence-corrected chi connectivity index (χ1v) is 5.40. The molecule has 0 aliphatic heterocycles. The van der Waals surface area contributed by atoms with Gasteiger partial charge in [-0.15, -0.1) is 0 Å². The maximum absolute atomic E-state index is 12.3. The molecule has 0 saturated carbocycles. The lowest BCUT2D eigenvalue weighted by Crippen LogP contribution is -2.06. The van der Waals surface area contributed by atoms with E-state index >= 15 is 0 Å². The Hall–Kier alpha value is -2.16. The van der Waals surface area contributed by atoms with Crippen LogP contribution in [0.15, 0.2) is 36.7 Å². The predicted octanol–water partition coefficient (Wildman–Crippen LogP) is 2.51. The van der Waals surface area contributed by atoms with Crippen LogP contribution in [0, 0.1) is 13.8 Å². The molecular formula is C14H14N2O. The summed E-state index contributed by atoms with van der Waals surface area (Å²) in [6.45, 7) is 3.84. The Morgan fingerprint density at radius 2 is 1.88 bits per heavy atom. The Balaban J connectivity index is 2.47. The lowest BCUT2D eigenvalue weighted by atomic mass is 10.0. The monoisotopic (exact) mass is 226 g/mol. The van der Waals surface area contributed by atoms with Gasteiger partial charge in [-0.1, -0.05) is 11.6 Å². The largest absolute Gasteiger partial charge is 0.398 e. The van der Waals surface area contributed by atoms with E-state index in [-0.39, 0.29) is 5.78 Å². The van der Waals surface area contributed by atoms with E-state index in [2.05, 4.69) is 4.98 Å². The minimum atomic E-state index is -0.0811. The fraction of sp³-hybridized carbons (Fsp3) is 0.143. The van der Waals surface area contributed by atoms with Gasteiger partial charge in [-0.3, -0.25) is 9.78 Å². The number of carbonyl (C=O) groups excluding carboxylic acids is 1. The smallest absolute Gasteiger partial charge is 0.196 e. The third-order valence-corrected chi connectivity index (χ3v) is 2.59. The minimum absolute atomic E-state index is 0.0811. The Morgan fingerprint density at radius 3 is 2.59 bits per heavy atom. The van der Waals surface area contributed by atoms with Gasteiger partial charge in [-0.25, -0.2) is 0 Å². The number of nitrogens with two attached hydrogens (primary N) is 1. The van der Waals surface area contributed by atoms with Crippen LogP contribution < -0.4 is 5.73 Å². The molecule has 3 heteroatoms. The number of hydrogen-bond acceptors (Lipinski definition) is 3. The van der Waals surface area contributed by atoms with E-state index in [0.29, 0.717) is 16.8 Å². The van der Waals surface area contributed by atoms with Crippen LogP contribution in [0.1, 0.15) is 27.0 Å². The highest BCUT2D eigenvalue weighted by Crippen LogP contribution is 2.18. The van der Waals surface area contributed by atoms with Crippen molar-refractivity contribution in [3.8, 4) is 0 Å². The zero-order chi connectivity index (χ0) is 12.4. The molecule has 0 saturated heterocycles. The highest BCUT2D eigenvalue weighted by atomic mass is 16.1. The molecule has 0 aliphatic carbocycles. The van der Waals surface area contributed by atoms with Gasteiger partial charge in [0.25, 0.3) is 0 Å². The molecule has 0 amide bonds. The molecular weight excluding hydrogens is 212 g/mol. The maximum Gasteiger partial charge on any atom is 0.196 e. The molecule has 0 bridgehead atoms. The summed E-state index contributed by atoms with van der Waals surface area (Å²) in [6.07, 6.45) is 3.29. The van der Waals surface area contributed by atoms with Crippen LogP contribution in [-0.2, 0) is 0 Å². The maximum atomic E-state index is 12.3. The summed E-state index contributed by atoms with van der Waals surface area (Å²) in [5.74, 6) is -0.0811. The van der Waals surface area contributed by atoms with E-state index in [9.17, 15) is 4.79 Å². The molecule has 0 atom stereocenters. The summed E-state index contributed by atoms with van der Waals surface area (Å²) >= 11 is 0. The summed E-state index contributed by atoms with van der Waals surface area (Å²) < 4.78 is 0. The van der Waals surface area contributed by atoms with Crippen molar-refractivity contribution in [2.75, 3.05) is 5.73 Å². The first-order chi connectivity index (χ1) is 8.08. The molecule has 0 spiro atoms. The summed E-state index contributed by atoms with van der Waals surface area (Å²) in [4.78, 5) is 16.3. The standard InChI is InChI=1S/C14H14N2O/c1-9-3-4-13(15)12(6-9)14(17)11-5-10(2)7-16-8-11/h3-8H,15H2,1-2H3. The highest BCUT2D eigenvalue weighted by molar-refractivity contribution is 6.12. The molecule has 1 aromatic heterocycles. The number of hydrogen-bond donors (Lipinski definition) is 1. The van der Waals surface area contributed by atoms with Crippen molar-refractivity contribution in [1.82, 2.24) is 4.98 Å². The van der Waals surface area contributed by atoms with Crippen molar-refractivity contribution in [3.63, 3.8) is 0 Å². The van der Waals surface area contributed by atoms with Gasteiger partial charge in [0.05, 0.1) is 0 Å². The number of anilines is 1. The Labute approximate surface area is 100 Å². The van der Waals surface area contributed by atoms with E-state index in [1.807, 2.05) is 26.0 Å². The lowest BCUT2D eigenvalue weighted by molar-refractivity contribution is 0.103. The van der Waals surface area contributed by atoms with Gasteiger partial charge < -0.3 is 5.73 Å². The first kappa shape index (κ1) is 11.3. The van der Waals surface area contributed by atoms with Crippen molar-refractivity contribution in [3.05, 3.63) is 58.9 Å². The number of rotatable bonds is 2. The number of aromatic nitrogens is 1. The van der Waals surface area contributed by atoms with Crippen molar-refractivity contribution >= 4 is 11.5 Å². The van der Waals surface area contributed by atoms with Gasteiger partial charge >= 0.3 is 0 Å². The molecule has 2 rings (SSSR count). The van der Waals surface area contributed by atoms with Crippen LogP contribution in [0.5, 0.6) is 0 Å². The van der Waals surface area contributed by atoms with Crippen molar-refractivity contribution in [1.29, 1.82) is 0 Å². The Bertz CT molecular complexity index is 576. The number of nitrogens with zero attached hydrogens (tertiary/aromatic N) is 1. The van der Waals surface area contributed by atoms with Gasteiger partial charge in [-0.05, 0) is 37.6 Å². The van der Waals surface area contributed by atoms with Gasteiger partial charge in [0.1, 0.15) is 0 Å². The SMILES string of the molecule is Cc1cncc(C(=O)c2cc(C)ccc2N)c1. The molecule has 0 aliphatic rings. The number of ketones is 1. The molecule has 17 heavy (non-hydrogen) atoms. The van der Waals surface area contributed by atoms with Crippen molar-refractivity contribution in [2.24, 2.45) is 0 Å². The van der Waals surface area contributed by atoms with Crippen molar-refractivity contribution in [2.45, 2.75) is 13.8 Å². The van der Waals surface area contributed by atoms with E-state index in [1.54, 1.807) is 24.5 Å². The number of carbonyl (C=O) groups is 1. The molecule has 86 valence electrons. The van der Waals surface area contributed by atoms with Gasteiger partial charge in [0, 0.05) is 29.2 Å². The summed E-state index contributed by atoms with van der Waals surface area (Å²) in [5, 5.41) is 0. The van der Waals surface area contributed by atoms with Crippen LogP contribution in [0.2, 0.25) is 0 Å². The Morgan fingerprint density at radius 1 is 1.12 bits per heavy atom. The normalized spacial score (nSPS) is 10.2. The van der Waals surface area contributed by atoms with E-state index in [4.69, 9.17) is 5.73 Å². The number of pyridine rings is 1. The van der Waals surface area contributed by atoms with E-state index in [0.717, 1.165) is 11.1 Å². The molecule has 0 fully saturated rings. The molecule has 0 radical (unpaired) electrons. The highest BCUT2D eigenvalue weighted by Gasteiger charge is 2.12. The molecule has 3 nitrogen and oxygen atoms in total. The minimum Gasteiger partial charge on any atom is -0.398 e. The second kappa shape index (κ2) is 4.37. The third kappa shape index (κ3) is 2.33. The van der Waals surface area contributed by atoms with E-state index < -0.39 is 0 Å². The van der Waals surface area contributed by atoms with Crippen LogP contribution in [-0.4, -0.2) is 10.8 Å². The summed E-state index contributed by atoms with van der Waals surface area (Å²) in [5.41, 5.74) is 9.41. The average Bonchev–Trinajstić information content (AvgIpc) is 2.31. The van der Waals surface area contributed by atoms with Crippen LogP contribution >= 0.6 is 0 Å². The first-order valence-electron chi connectivity index (χ1n) is 5.40. The molecule has 0 unspecified atom stereocenters. The lowest BCUT2D eigenvalue weighted by Gasteiger charge is -2.06. The summed E-state index contributed by atoms with van der Waals surface area (Å²) in [7, 11) is 0. The quantitative estimate of drug-likeness (QED) is 0.632. The Kier molecular flexibility index (Phi) is 2.91. The van der Waals surface area contributed by atoms with Crippen LogP contribution in [0.25, 0.3) is 0 Å². The second-order valence-corrected chi connectivity index (χ2v) is 4.17. The molecule has 2 aromatic rings. The van der Waals surface area contributed by atoms with Crippen molar-refractivity contribution < 1.29 is 4.79 Å². The second-order valence-electron chi connectivity index (χ2n) is 4.17. The molecule has 1 heterocycles. The van der Waals surface area contributed by atoms with E-state index in [1.165, 1.54) is 0 Å². The number of aryl methyl sites for hydroxylation is 2.